The third-order valence-electron chi connectivity index (χ3n) is 6.83. The van der Waals surface area contributed by atoms with Crippen molar-refractivity contribution in [2.45, 2.75) is 25.8 Å². The summed E-state index contributed by atoms with van der Waals surface area (Å²) in [5, 5.41) is 3.09. The predicted octanol–water partition coefficient (Wildman–Crippen LogP) is 7.03. The second-order valence-electron chi connectivity index (χ2n) is 9.15. The molecule has 0 aliphatic heterocycles. The topological polar surface area (TPSA) is 56.8 Å². The van der Waals surface area contributed by atoms with E-state index in [1.54, 1.807) is 7.11 Å². The van der Waals surface area contributed by atoms with Crippen LogP contribution in [0.3, 0.4) is 0 Å². The summed E-state index contributed by atoms with van der Waals surface area (Å²) in [4.78, 5) is 13.2. The lowest BCUT2D eigenvalue weighted by Gasteiger charge is -2.23. The second-order valence-corrected chi connectivity index (χ2v) is 9.15. The molecule has 1 unspecified atom stereocenters. The molecule has 0 spiro atoms. The number of aryl methyl sites for hydroxylation is 1. The van der Waals surface area contributed by atoms with E-state index in [2.05, 4.69) is 29.6 Å². The van der Waals surface area contributed by atoms with E-state index < -0.39 is 12.1 Å². The molecule has 5 heteroatoms. The number of alkyl carbamates (subject to hydrolysis) is 1. The van der Waals surface area contributed by atoms with Gasteiger partial charge in [-0.15, -0.1) is 0 Å². The maximum atomic E-state index is 13.2. The van der Waals surface area contributed by atoms with Crippen molar-refractivity contribution in [3.05, 3.63) is 119 Å². The molecule has 1 N–H and O–H groups in total. The van der Waals surface area contributed by atoms with Gasteiger partial charge in [0.2, 0.25) is 0 Å². The van der Waals surface area contributed by atoms with E-state index >= 15 is 0 Å². The number of carbonyl (C=O) groups is 1. The number of benzene rings is 4. The zero-order chi connectivity index (χ0) is 25.8. The molecule has 0 saturated heterocycles. The number of nitrogens with one attached hydrogen (secondary N) is 1. The third-order valence-corrected chi connectivity index (χ3v) is 6.83. The van der Waals surface area contributed by atoms with Crippen LogP contribution in [-0.2, 0) is 4.74 Å². The van der Waals surface area contributed by atoms with E-state index in [1.807, 2.05) is 80.6 Å². The standard InChI is InChI=1S/C32H31NO4/c1-4-36-23-16-14-22(15-17-23)31(28-18-13-21(2)19-30(28)35-3)33-32(34)37-20-29-26-11-7-5-9-24(26)25-10-6-8-12-27(25)29/h5-19,29,31H,4,20H2,1-3H3,(H,33,34). The van der Waals surface area contributed by atoms with E-state index in [1.165, 1.54) is 22.3 Å². The molecule has 0 saturated carbocycles. The Bertz CT molecular complexity index is 1350. The number of carbonyl (C=O) groups excluding carboxylic acids is 1. The Hall–Kier alpha value is -4.25. The molecule has 0 aromatic heterocycles. The summed E-state index contributed by atoms with van der Waals surface area (Å²) in [5.41, 5.74) is 7.59. The fourth-order valence-corrected chi connectivity index (χ4v) is 5.08. The molecule has 5 nitrogen and oxygen atoms in total. The maximum absolute atomic E-state index is 13.2. The molecule has 1 atom stereocenters. The molecule has 1 aliphatic rings. The zero-order valence-electron chi connectivity index (χ0n) is 21.4. The van der Waals surface area contributed by atoms with Gasteiger partial charge in [-0.3, -0.25) is 0 Å². The van der Waals surface area contributed by atoms with E-state index in [4.69, 9.17) is 14.2 Å². The fraction of sp³-hybridized carbons (Fsp3) is 0.219. The van der Waals surface area contributed by atoms with Crippen molar-refractivity contribution in [1.29, 1.82) is 0 Å². The smallest absolute Gasteiger partial charge is 0.407 e. The molecular formula is C32H31NO4. The van der Waals surface area contributed by atoms with Crippen molar-refractivity contribution in [3.8, 4) is 22.6 Å². The highest BCUT2D eigenvalue weighted by atomic mass is 16.5. The van der Waals surface area contributed by atoms with Crippen molar-refractivity contribution in [2.24, 2.45) is 0 Å². The first kappa shape index (κ1) is 24.4. The molecule has 0 bridgehead atoms. The van der Waals surface area contributed by atoms with E-state index in [-0.39, 0.29) is 12.5 Å². The van der Waals surface area contributed by atoms with Gasteiger partial charge in [0.15, 0.2) is 0 Å². The molecule has 1 amide bonds. The fourth-order valence-electron chi connectivity index (χ4n) is 5.08. The number of amides is 1. The normalized spacial score (nSPS) is 12.8. The van der Waals surface area contributed by atoms with Crippen LogP contribution in [0.25, 0.3) is 11.1 Å². The SMILES string of the molecule is CCOc1ccc(C(NC(=O)OCC2c3ccccc3-c3ccccc32)c2ccc(C)cc2OC)cc1. The van der Waals surface area contributed by atoms with Crippen LogP contribution in [-0.4, -0.2) is 26.4 Å². The van der Waals surface area contributed by atoms with Crippen LogP contribution < -0.4 is 14.8 Å². The third kappa shape index (κ3) is 5.03. The maximum Gasteiger partial charge on any atom is 0.407 e. The van der Waals surface area contributed by atoms with Crippen LogP contribution in [0.2, 0.25) is 0 Å². The Kier molecular flexibility index (Phi) is 7.13. The van der Waals surface area contributed by atoms with Gasteiger partial charge < -0.3 is 19.5 Å². The Morgan fingerprint density at radius 2 is 1.54 bits per heavy atom. The molecule has 4 aromatic carbocycles. The molecule has 0 radical (unpaired) electrons. The Labute approximate surface area is 218 Å². The zero-order valence-corrected chi connectivity index (χ0v) is 21.4. The summed E-state index contributed by atoms with van der Waals surface area (Å²) >= 11 is 0. The Morgan fingerprint density at radius 3 is 2.16 bits per heavy atom. The summed E-state index contributed by atoms with van der Waals surface area (Å²) in [6, 6.07) is 29.9. The monoisotopic (exact) mass is 493 g/mol. The lowest BCUT2D eigenvalue weighted by Crippen LogP contribution is -2.31. The van der Waals surface area contributed by atoms with Crippen molar-refractivity contribution in [2.75, 3.05) is 20.3 Å². The first-order valence-corrected chi connectivity index (χ1v) is 12.6. The summed E-state index contributed by atoms with van der Waals surface area (Å²) in [5.74, 6) is 1.48. The van der Waals surface area contributed by atoms with Gasteiger partial charge in [0.25, 0.3) is 0 Å². The first-order valence-electron chi connectivity index (χ1n) is 12.6. The van der Waals surface area contributed by atoms with E-state index in [9.17, 15) is 4.79 Å². The highest BCUT2D eigenvalue weighted by Crippen LogP contribution is 2.44. The van der Waals surface area contributed by atoms with Gasteiger partial charge in [-0.25, -0.2) is 4.79 Å². The highest BCUT2D eigenvalue weighted by Gasteiger charge is 2.29. The lowest BCUT2D eigenvalue weighted by atomic mass is 9.96. The van der Waals surface area contributed by atoms with Crippen LogP contribution in [0.4, 0.5) is 4.79 Å². The largest absolute Gasteiger partial charge is 0.496 e. The first-order chi connectivity index (χ1) is 18.1. The summed E-state index contributed by atoms with van der Waals surface area (Å²) in [6.07, 6.45) is -0.483. The van der Waals surface area contributed by atoms with Gasteiger partial charge in [-0.2, -0.15) is 0 Å². The molecule has 0 fully saturated rings. The van der Waals surface area contributed by atoms with Crippen molar-refractivity contribution in [3.63, 3.8) is 0 Å². The Balaban J connectivity index is 1.39. The number of hydrogen-bond donors (Lipinski definition) is 1. The van der Waals surface area contributed by atoms with E-state index in [0.717, 1.165) is 22.4 Å². The summed E-state index contributed by atoms with van der Waals surface area (Å²) in [6.45, 7) is 4.80. The number of ether oxygens (including phenoxy) is 3. The van der Waals surface area contributed by atoms with Crippen molar-refractivity contribution in [1.82, 2.24) is 5.32 Å². The molecule has 1 aliphatic carbocycles. The molecule has 5 rings (SSSR count). The van der Waals surface area contributed by atoms with Crippen LogP contribution in [0, 0.1) is 6.92 Å². The van der Waals surface area contributed by atoms with Gasteiger partial charge in [-0.1, -0.05) is 72.8 Å². The minimum atomic E-state index is -0.483. The highest BCUT2D eigenvalue weighted by molar-refractivity contribution is 5.79. The van der Waals surface area contributed by atoms with E-state index in [0.29, 0.717) is 12.4 Å². The van der Waals surface area contributed by atoms with Crippen molar-refractivity contribution >= 4 is 6.09 Å². The van der Waals surface area contributed by atoms with Gasteiger partial charge in [0.05, 0.1) is 19.8 Å². The number of methoxy groups -OCH3 is 1. The molecule has 188 valence electrons. The lowest BCUT2D eigenvalue weighted by molar-refractivity contribution is 0.140. The van der Waals surface area contributed by atoms with Gasteiger partial charge in [-0.05, 0) is 65.4 Å². The number of hydrogen-bond acceptors (Lipinski definition) is 4. The minimum Gasteiger partial charge on any atom is -0.496 e. The van der Waals surface area contributed by atoms with Crippen LogP contribution in [0.5, 0.6) is 11.5 Å². The van der Waals surface area contributed by atoms with Gasteiger partial charge in [0.1, 0.15) is 18.1 Å². The van der Waals surface area contributed by atoms with Crippen LogP contribution >= 0.6 is 0 Å². The predicted molar refractivity (Wildman–Crippen MR) is 145 cm³/mol. The quantitative estimate of drug-likeness (QED) is 0.286. The second kappa shape index (κ2) is 10.8. The van der Waals surface area contributed by atoms with Crippen LogP contribution in [0.1, 0.15) is 46.7 Å². The molecular weight excluding hydrogens is 462 g/mol. The molecule has 37 heavy (non-hydrogen) atoms. The average molecular weight is 494 g/mol. The number of rotatable bonds is 8. The summed E-state index contributed by atoms with van der Waals surface area (Å²) in [7, 11) is 1.64. The molecule has 0 heterocycles. The molecule has 4 aromatic rings. The van der Waals surface area contributed by atoms with Crippen LogP contribution in [0.15, 0.2) is 91.0 Å². The minimum absolute atomic E-state index is 0.00372. The number of fused-ring (bicyclic) bond motifs is 3. The van der Waals surface area contributed by atoms with Gasteiger partial charge >= 0.3 is 6.09 Å². The Morgan fingerprint density at radius 1 is 0.892 bits per heavy atom. The van der Waals surface area contributed by atoms with Crippen molar-refractivity contribution < 1.29 is 19.0 Å². The average Bonchev–Trinajstić information content (AvgIpc) is 3.25. The van der Waals surface area contributed by atoms with Gasteiger partial charge in [0, 0.05) is 11.5 Å². The summed E-state index contributed by atoms with van der Waals surface area (Å²) < 4.78 is 17.1.